The molecule has 0 saturated carbocycles. The highest BCUT2D eigenvalue weighted by Crippen LogP contribution is 2.34. The van der Waals surface area contributed by atoms with Crippen molar-refractivity contribution in [3.05, 3.63) is 16.0 Å². The molecule has 1 aliphatic rings. The number of nitrogens with one attached hydrogen (secondary N) is 2. The molecule has 2 heterocycles. The van der Waals surface area contributed by atoms with Crippen LogP contribution in [0.5, 0.6) is 0 Å². The van der Waals surface area contributed by atoms with Gasteiger partial charge in [-0.1, -0.05) is 0 Å². The molecule has 1 aromatic rings. The minimum absolute atomic E-state index is 0.0146. The third kappa shape index (κ3) is 6.25. The number of amides is 2. The van der Waals surface area contributed by atoms with Crippen LogP contribution in [-0.2, 0) is 28.5 Å². The van der Waals surface area contributed by atoms with Crippen LogP contribution in [0.3, 0.4) is 0 Å². The van der Waals surface area contributed by atoms with Gasteiger partial charge >= 0.3 is 23.8 Å². The lowest BCUT2D eigenvalue weighted by Crippen LogP contribution is -2.39. The van der Waals surface area contributed by atoms with Crippen LogP contribution in [0.4, 0.5) is 5.00 Å². The van der Waals surface area contributed by atoms with Crippen LogP contribution in [0, 0.1) is 6.92 Å². The molecule has 2 rings (SSSR count). The first-order valence-corrected chi connectivity index (χ1v) is 10.4. The Kier molecular flexibility index (Phi) is 9.21. The van der Waals surface area contributed by atoms with Gasteiger partial charge in [0.1, 0.15) is 16.5 Å². The largest absolute Gasteiger partial charge is 0.462 e. The van der Waals surface area contributed by atoms with Gasteiger partial charge in [-0.3, -0.25) is 9.59 Å². The summed E-state index contributed by atoms with van der Waals surface area (Å²) in [5.41, 5.74) is 0.316. The maximum Gasteiger partial charge on any atom is 0.348 e. The van der Waals surface area contributed by atoms with E-state index in [1.54, 1.807) is 13.8 Å². The number of hydrogen-bond acceptors (Lipinski definition) is 9. The number of carbonyl (C=O) groups excluding carboxylic acids is 4. The van der Waals surface area contributed by atoms with Crippen molar-refractivity contribution in [2.75, 3.05) is 45.4 Å². The van der Waals surface area contributed by atoms with Gasteiger partial charge in [-0.05, 0) is 32.3 Å². The molecule has 1 aromatic heterocycles. The van der Waals surface area contributed by atoms with Crippen molar-refractivity contribution in [2.45, 2.75) is 32.8 Å². The number of ether oxygens (including phenoxy) is 4. The molecule has 1 atom stereocenters. The molecule has 11 heteroatoms. The summed E-state index contributed by atoms with van der Waals surface area (Å²) < 4.78 is 20.4. The summed E-state index contributed by atoms with van der Waals surface area (Å²) >= 11 is 0.843. The monoisotopic (exact) mass is 442 g/mol. The lowest BCUT2D eigenvalue weighted by Gasteiger charge is -2.11. The average molecular weight is 442 g/mol. The highest BCUT2D eigenvalue weighted by atomic mass is 32.1. The van der Waals surface area contributed by atoms with E-state index in [1.165, 1.54) is 7.11 Å². The summed E-state index contributed by atoms with van der Waals surface area (Å²) in [6, 6.07) is 0. The fraction of sp³-hybridized carbons (Fsp3) is 0.579. The summed E-state index contributed by atoms with van der Waals surface area (Å²) in [6.07, 6.45) is 1.61. The molecule has 2 N–H and O–H groups in total. The summed E-state index contributed by atoms with van der Waals surface area (Å²) in [4.78, 5) is 49.3. The summed E-state index contributed by atoms with van der Waals surface area (Å²) in [5, 5.41) is 4.95. The Labute approximate surface area is 178 Å². The maximum atomic E-state index is 12.4. The van der Waals surface area contributed by atoms with Crippen molar-refractivity contribution in [3.63, 3.8) is 0 Å². The van der Waals surface area contributed by atoms with E-state index in [9.17, 15) is 19.2 Å². The third-order valence-corrected chi connectivity index (χ3v) is 5.47. The van der Waals surface area contributed by atoms with Crippen molar-refractivity contribution >= 4 is 40.1 Å². The highest BCUT2D eigenvalue weighted by Gasteiger charge is 2.29. The van der Waals surface area contributed by atoms with Crippen LogP contribution >= 0.6 is 11.3 Å². The van der Waals surface area contributed by atoms with E-state index >= 15 is 0 Å². The molecule has 1 unspecified atom stereocenters. The van der Waals surface area contributed by atoms with Crippen LogP contribution in [0.25, 0.3) is 0 Å². The van der Waals surface area contributed by atoms with E-state index in [0.717, 1.165) is 24.2 Å². The molecule has 0 bridgehead atoms. The molecular formula is C19H26N2O8S. The van der Waals surface area contributed by atoms with E-state index in [1.807, 2.05) is 0 Å². The Balaban J connectivity index is 2.14. The fourth-order valence-electron chi connectivity index (χ4n) is 2.78. The molecule has 1 fully saturated rings. The number of hydrogen-bond donors (Lipinski definition) is 2. The van der Waals surface area contributed by atoms with E-state index in [0.29, 0.717) is 12.2 Å². The van der Waals surface area contributed by atoms with Crippen molar-refractivity contribution < 1.29 is 38.1 Å². The molecule has 0 radical (unpaired) electrons. The molecule has 0 aromatic carbocycles. The predicted molar refractivity (Wildman–Crippen MR) is 108 cm³/mol. The third-order valence-electron chi connectivity index (χ3n) is 4.28. The molecule has 1 saturated heterocycles. The van der Waals surface area contributed by atoms with Gasteiger partial charge in [0.2, 0.25) is 0 Å². The van der Waals surface area contributed by atoms with E-state index in [-0.39, 0.29) is 47.9 Å². The average Bonchev–Trinajstić information content (AvgIpc) is 3.34. The molecular weight excluding hydrogens is 416 g/mol. The van der Waals surface area contributed by atoms with Gasteiger partial charge in [-0.25, -0.2) is 9.59 Å². The van der Waals surface area contributed by atoms with Crippen molar-refractivity contribution in [1.29, 1.82) is 0 Å². The van der Waals surface area contributed by atoms with Crippen LogP contribution in [0.1, 0.15) is 45.4 Å². The first kappa shape index (κ1) is 23.8. The molecule has 0 aliphatic carbocycles. The molecule has 0 spiro atoms. The lowest BCUT2D eigenvalue weighted by molar-refractivity contribution is -0.136. The minimum atomic E-state index is -0.959. The Morgan fingerprint density at radius 2 is 1.90 bits per heavy atom. The Morgan fingerprint density at radius 1 is 1.13 bits per heavy atom. The minimum Gasteiger partial charge on any atom is -0.462 e. The first-order valence-electron chi connectivity index (χ1n) is 9.56. The Bertz CT molecular complexity index is 786. The topological polar surface area (TPSA) is 129 Å². The Morgan fingerprint density at radius 3 is 2.53 bits per heavy atom. The van der Waals surface area contributed by atoms with Gasteiger partial charge in [0.05, 0.1) is 24.9 Å². The SMILES string of the molecule is CCOC(=O)c1c(NC(=O)C(=O)NCC2CCCO2)sc(C(=O)OCCOC)c1C. The standard InChI is InChI=1S/C19H26N2O8S/c1-4-27-18(24)13-11(2)14(19(25)29-9-8-26-3)30-17(13)21-16(23)15(22)20-10-12-6-5-7-28-12/h12H,4-10H2,1-3H3,(H,20,22)(H,21,23). The first-order chi connectivity index (χ1) is 14.4. The zero-order valence-electron chi connectivity index (χ0n) is 17.2. The second kappa shape index (κ2) is 11.6. The molecule has 10 nitrogen and oxygen atoms in total. The summed E-state index contributed by atoms with van der Waals surface area (Å²) in [6.45, 7) is 4.39. The van der Waals surface area contributed by atoms with Crippen LogP contribution in [-0.4, -0.2) is 69.9 Å². The van der Waals surface area contributed by atoms with E-state index < -0.39 is 23.8 Å². The lowest BCUT2D eigenvalue weighted by atomic mass is 10.1. The van der Waals surface area contributed by atoms with Gasteiger partial charge in [0.25, 0.3) is 0 Å². The second-order valence-corrected chi connectivity index (χ2v) is 7.43. The van der Waals surface area contributed by atoms with Gasteiger partial charge < -0.3 is 29.6 Å². The number of anilines is 1. The van der Waals surface area contributed by atoms with Crippen molar-refractivity contribution in [2.24, 2.45) is 0 Å². The smallest absolute Gasteiger partial charge is 0.348 e. The highest BCUT2D eigenvalue weighted by molar-refractivity contribution is 7.18. The van der Waals surface area contributed by atoms with Crippen LogP contribution in [0.15, 0.2) is 0 Å². The van der Waals surface area contributed by atoms with Crippen LogP contribution in [0.2, 0.25) is 0 Å². The van der Waals surface area contributed by atoms with Gasteiger partial charge in [0, 0.05) is 20.3 Å². The van der Waals surface area contributed by atoms with Crippen LogP contribution < -0.4 is 10.6 Å². The summed E-state index contributed by atoms with van der Waals surface area (Å²) in [5.74, 6) is -3.20. The zero-order valence-corrected chi connectivity index (χ0v) is 18.0. The molecule has 30 heavy (non-hydrogen) atoms. The molecule has 2 amide bonds. The van der Waals surface area contributed by atoms with Gasteiger partial charge in [-0.2, -0.15) is 0 Å². The number of methoxy groups -OCH3 is 1. The van der Waals surface area contributed by atoms with Gasteiger partial charge in [-0.15, -0.1) is 11.3 Å². The van der Waals surface area contributed by atoms with Gasteiger partial charge in [0.15, 0.2) is 0 Å². The normalized spacial score (nSPS) is 15.5. The van der Waals surface area contributed by atoms with E-state index in [4.69, 9.17) is 18.9 Å². The molecule has 166 valence electrons. The van der Waals surface area contributed by atoms with E-state index in [2.05, 4.69) is 10.6 Å². The van der Waals surface area contributed by atoms with Crippen molar-refractivity contribution in [1.82, 2.24) is 5.32 Å². The number of thiophene rings is 1. The van der Waals surface area contributed by atoms with Crippen molar-refractivity contribution in [3.8, 4) is 0 Å². The quantitative estimate of drug-likeness (QED) is 0.332. The number of carbonyl (C=O) groups is 4. The number of esters is 2. The maximum absolute atomic E-state index is 12.4. The Hall–Kier alpha value is -2.50. The fourth-order valence-corrected chi connectivity index (χ4v) is 3.86. The molecule has 1 aliphatic heterocycles. The predicted octanol–water partition coefficient (Wildman–Crippen LogP) is 1.27. The second-order valence-electron chi connectivity index (χ2n) is 6.41. The summed E-state index contributed by atoms with van der Waals surface area (Å²) in [7, 11) is 1.47. The number of rotatable bonds is 9. The zero-order chi connectivity index (χ0) is 22.1.